The van der Waals surface area contributed by atoms with Gasteiger partial charge in [-0.05, 0) is 19.4 Å². The maximum atomic E-state index is 4.62. The van der Waals surface area contributed by atoms with Crippen molar-refractivity contribution in [2.75, 3.05) is 11.9 Å². The van der Waals surface area contributed by atoms with Gasteiger partial charge >= 0.3 is 0 Å². The van der Waals surface area contributed by atoms with E-state index in [0.29, 0.717) is 5.82 Å². The summed E-state index contributed by atoms with van der Waals surface area (Å²) in [7, 11) is 0. The second-order valence-corrected chi connectivity index (χ2v) is 6.23. The van der Waals surface area contributed by atoms with Gasteiger partial charge in [-0.15, -0.1) is 22.7 Å². The quantitative estimate of drug-likeness (QED) is 0.790. The van der Waals surface area contributed by atoms with Crippen molar-refractivity contribution in [1.29, 1.82) is 0 Å². The molecule has 0 saturated carbocycles. The molecule has 0 amide bonds. The third-order valence-electron chi connectivity index (χ3n) is 2.72. The van der Waals surface area contributed by atoms with E-state index in [-0.39, 0.29) is 0 Å². The van der Waals surface area contributed by atoms with Gasteiger partial charge in [0.05, 0.1) is 10.9 Å². The largest absolute Gasteiger partial charge is 0.369 e. The van der Waals surface area contributed by atoms with Crippen molar-refractivity contribution in [3.63, 3.8) is 0 Å². The minimum Gasteiger partial charge on any atom is -0.369 e. The predicted molar refractivity (Wildman–Crippen MR) is 82.0 cm³/mol. The minimum absolute atomic E-state index is 0.703. The number of thiophene rings is 1. The van der Waals surface area contributed by atoms with Crippen molar-refractivity contribution in [3.05, 3.63) is 21.8 Å². The van der Waals surface area contributed by atoms with E-state index < -0.39 is 0 Å². The van der Waals surface area contributed by atoms with Crippen LogP contribution >= 0.6 is 22.7 Å². The molecule has 6 heteroatoms. The molecule has 1 N–H and O–H groups in total. The Morgan fingerprint density at radius 2 is 2.21 bits per heavy atom. The number of anilines is 1. The number of rotatable bonds is 4. The first-order valence-electron chi connectivity index (χ1n) is 6.18. The topological polar surface area (TPSA) is 50.7 Å². The van der Waals surface area contributed by atoms with Crippen LogP contribution in [0.5, 0.6) is 0 Å². The number of fused-ring (bicyclic) bond motifs is 1. The molecule has 0 aliphatic rings. The maximum Gasteiger partial charge on any atom is 0.182 e. The first kappa shape index (κ1) is 12.5. The fourth-order valence-corrected chi connectivity index (χ4v) is 3.27. The van der Waals surface area contributed by atoms with Gasteiger partial charge in [0.15, 0.2) is 5.82 Å². The summed E-state index contributed by atoms with van der Waals surface area (Å²) < 4.78 is 0. The van der Waals surface area contributed by atoms with Gasteiger partial charge in [-0.2, -0.15) is 0 Å². The zero-order valence-electron chi connectivity index (χ0n) is 10.8. The summed E-state index contributed by atoms with van der Waals surface area (Å²) in [5.41, 5.74) is 2.65. The highest BCUT2D eigenvalue weighted by atomic mass is 32.1. The van der Waals surface area contributed by atoms with Crippen molar-refractivity contribution in [1.82, 2.24) is 15.0 Å². The molecule has 4 nitrogen and oxygen atoms in total. The number of aryl methyl sites for hydroxylation is 1. The Balaban J connectivity index is 2.14. The number of aromatic nitrogens is 3. The van der Waals surface area contributed by atoms with Gasteiger partial charge in [-0.3, -0.25) is 0 Å². The fourth-order valence-electron chi connectivity index (χ4n) is 1.86. The van der Waals surface area contributed by atoms with E-state index in [1.54, 1.807) is 22.7 Å². The van der Waals surface area contributed by atoms with Crippen LogP contribution in [0.15, 0.2) is 17.0 Å². The van der Waals surface area contributed by atoms with Crippen LogP contribution in [-0.4, -0.2) is 21.5 Å². The van der Waals surface area contributed by atoms with E-state index >= 15 is 0 Å². The van der Waals surface area contributed by atoms with Crippen LogP contribution in [-0.2, 0) is 0 Å². The molecular weight excluding hydrogens is 276 g/mol. The van der Waals surface area contributed by atoms with E-state index in [4.69, 9.17) is 0 Å². The smallest absolute Gasteiger partial charge is 0.182 e. The lowest BCUT2D eigenvalue weighted by atomic mass is 10.3. The summed E-state index contributed by atoms with van der Waals surface area (Å²) in [4.78, 5) is 15.8. The molecule has 0 spiro atoms. The Labute approximate surface area is 119 Å². The van der Waals surface area contributed by atoms with E-state index in [2.05, 4.69) is 40.2 Å². The Morgan fingerprint density at radius 3 is 2.95 bits per heavy atom. The summed E-state index contributed by atoms with van der Waals surface area (Å²) in [5.74, 6) is 1.62. The van der Waals surface area contributed by atoms with E-state index in [1.165, 1.54) is 4.88 Å². The van der Waals surface area contributed by atoms with Gasteiger partial charge in [-0.1, -0.05) is 6.92 Å². The second-order valence-electron chi connectivity index (χ2n) is 4.27. The van der Waals surface area contributed by atoms with Crippen molar-refractivity contribution in [2.24, 2.45) is 0 Å². The Bertz CT molecular complexity index is 688. The fraction of sp³-hybridized carbons (Fsp3) is 0.308. The molecule has 0 radical (unpaired) electrons. The van der Waals surface area contributed by atoms with Crippen LogP contribution in [0, 0.1) is 6.92 Å². The molecule has 0 aromatic carbocycles. The predicted octanol–water partition coefficient (Wildman–Crippen LogP) is 3.95. The zero-order valence-corrected chi connectivity index (χ0v) is 12.4. The Hall–Kier alpha value is -1.53. The third kappa shape index (κ3) is 2.46. The normalized spacial score (nSPS) is 11.1. The zero-order chi connectivity index (χ0) is 13.2. The highest BCUT2D eigenvalue weighted by molar-refractivity contribution is 7.18. The molecular formula is C13H14N4S2. The van der Waals surface area contributed by atoms with Gasteiger partial charge in [0.2, 0.25) is 0 Å². The molecule has 0 saturated heterocycles. The van der Waals surface area contributed by atoms with E-state index in [9.17, 15) is 0 Å². The molecule has 0 bridgehead atoms. The number of thiazole rings is 1. The first-order valence-corrected chi connectivity index (χ1v) is 7.94. The van der Waals surface area contributed by atoms with E-state index in [0.717, 1.165) is 34.7 Å². The molecule has 0 atom stereocenters. The summed E-state index contributed by atoms with van der Waals surface area (Å²) in [6, 6.07) is 2.14. The molecule has 3 rings (SSSR count). The molecule has 0 aliphatic heterocycles. The standard InChI is InChI=1S/C13H14N4S2/c1-3-4-14-11-9-5-8(2)19-13(9)17-12(16-11)10-6-18-7-15-10/h5-7H,3-4H2,1-2H3,(H,14,16,17). The van der Waals surface area contributed by atoms with Gasteiger partial charge in [0.25, 0.3) is 0 Å². The molecule has 3 heterocycles. The highest BCUT2D eigenvalue weighted by Crippen LogP contribution is 2.30. The molecule has 0 fully saturated rings. The van der Waals surface area contributed by atoms with Gasteiger partial charge in [-0.25, -0.2) is 15.0 Å². The number of nitrogens with one attached hydrogen (secondary N) is 1. The van der Waals surface area contributed by atoms with E-state index in [1.807, 2.05) is 10.9 Å². The van der Waals surface area contributed by atoms with Gasteiger partial charge in [0.1, 0.15) is 16.3 Å². The molecule has 19 heavy (non-hydrogen) atoms. The van der Waals surface area contributed by atoms with Crippen LogP contribution in [0.3, 0.4) is 0 Å². The van der Waals surface area contributed by atoms with Crippen LogP contribution in [0.2, 0.25) is 0 Å². The molecule has 0 aliphatic carbocycles. The Morgan fingerprint density at radius 1 is 1.32 bits per heavy atom. The Kier molecular flexibility index (Phi) is 3.44. The lowest BCUT2D eigenvalue weighted by molar-refractivity contribution is 0.970. The number of nitrogens with zero attached hydrogens (tertiary/aromatic N) is 3. The van der Waals surface area contributed by atoms with Gasteiger partial charge in [0, 0.05) is 16.8 Å². The van der Waals surface area contributed by atoms with Crippen LogP contribution in [0.25, 0.3) is 21.7 Å². The van der Waals surface area contributed by atoms with Crippen LogP contribution < -0.4 is 5.32 Å². The monoisotopic (exact) mass is 290 g/mol. The van der Waals surface area contributed by atoms with Crippen LogP contribution in [0.1, 0.15) is 18.2 Å². The number of hydrogen-bond acceptors (Lipinski definition) is 6. The minimum atomic E-state index is 0.703. The summed E-state index contributed by atoms with van der Waals surface area (Å²) in [6.07, 6.45) is 1.07. The average Bonchev–Trinajstić information content (AvgIpc) is 3.03. The first-order chi connectivity index (χ1) is 9.28. The maximum absolute atomic E-state index is 4.62. The lowest BCUT2D eigenvalue weighted by Crippen LogP contribution is -2.04. The molecule has 98 valence electrons. The second kappa shape index (κ2) is 5.22. The van der Waals surface area contributed by atoms with Crippen molar-refractivity contribution < 1.29 is 0 Å². The molecule has 0 unspecified atom stereocenters. The summed E-state index contributed by atoms with van der Waals surface area (Å²) >= 11 is 3.26. The van der Waals surface area contributed by atoms with Crippen LogP contribution in [0.4, 0.5) is 5.82 Å². The van der Waals surface area contributed by atoms with Gasteiger partial charge < -0.3 is 5.32 Å². The third-order valence-corrected chi connectivity index (χ3v) is 4.25. The number of hydrogen-bond donors (Lipinski definition) is 1. The van der Waals surface area contributed by atoms with Crippen molar-refractivity contribution in [2.45, 2.75) is 20.3 Å². The van der Waals surface area contributed by atoms with Crippen molar-refractivity contribution >= 4 is 38.7 Å². The summed E-state index contributed by atoms with van der Waals surface area (Å²) in [5, 5.41) is 6.47. The van der Waals surface area contributed by atoms with Crippen molar-refractivity contribution in [3.8, 4) is 11.5 Å². The lowest BCUT2D eigenvalue weighted by Gasteiger charge is -2.06. The molecule has 3 aromatic heterocycles. The highest BCUT2D eigenvalue weighted by Gasteiger charge is 2.12. The SMILES string of the molecule is CCCNc1nc(-c2cscn2)nc2sc(C)cc12. The molecule has 3 aromatic rings. The average molecular weight is 290 g/mol. The summed E-state index contributed by atoms with van der Waals surface area (Å²) in [6.45, 7) is 5.15.